The van der Waals surface area contributed by atoms with Crippen molar-refractivity contribution in [2.45, 2.75) is 19.4 Å². The number of nitro benzene ring substituents is 1. The second-order valence-corrected chi connectivity index (χ2v) is 7.43. The Labute approximate surface area is 184 Å². The maximum absolute atomic E-state index is 12.7. The second-order valence-electron chi connectivity index (χ2n) is 7.43. The Kier molecular flexibility index (Phi) is 6.37. The van der Waals surface area contributed by atoms with Crippen LogP contribution in [0.15, 0.2) is 59.0 Å². The fraction of sp³-hybridized carbons (Fsp3) is 0.261. The van der Waals surface area contributed by atoms with Crippen LogP contribution in [0.2, 0.25) is 0 Å². The molecular weight excluding hydrogens is 414 g/mol. The van der Waals surface area contributed by atoms with Crippen LogP contribution in [0.3, 0.4) is 0 Å². The predicted molar refractivity (Wildman–Crippen MR) is 117 cm³/mol. The molecule has 1 aliphatic heterocycles. The van der Waals surface area contributed by atoms with Gasteiger partial charge in [0.2, 0.25) is 0 Å². The van der Waals surface area contributed by atoms with Crippen LogP contribution < -0.4 is 14.8 Å². The third-order valence-electron chi connectivity index (χ3n) is 5.12. The molecule has 0 aliphatic carbocycles. The summed E-state index contributed by atoms with van der Waals surface area (Å²) in [4.78, 5) is 25.8. The number of hydrogen-bond donors (Lipinski definition) is 1. The third-order valence-corrected chi connectivity index (χ3v) is 5.12. The quantitative estimate of drug-likeness (QED) is 0.397. The molecule has 9 nitrogen and oxygen atoms in total. The van der Waals surface area contributed by atoms with Gasteiger partial charge in [-0.2, -0.15) is 0 Å². The van der Waals surface area contributed by atoms with Crippen molar-refractivity contribution in [3.8, 4) is 17.2 Å². The Bertz CT molecular complexity index is 1120. The number of ether oxygens (including phenoxy) is 2. The number of nitrogens with one attached hydrogen (secondary N) is 1. The molecule has 1 aliphatic rings. The number of nitro groups is 1. The van der Waals surface area contributed by atoms with Gasteiger partial charge in [0.05, 0.1) is 30.3 Å². The highest BCUT2D eigenvalue weighted by atomic mass is 16.6. The standard InChI is InChI=1S/C23H23N3O6/c1-30-20-6-2-3-7-21(20)32-19-13-16(12-17(14-19)26(28)29)24-23(27)22-9-8-18(31-22)15-25-10-4-5-11-25/h2-3,6-9,12-14H,4-5,10-11,15H2,1H3,(H,24,27). The van der Waals surface area contributed by atoms with Crippen LogP contribution in [-0.2, 0) is 6.54 Å². The summed E-state index contributed by atoms with van der Waals surface area (Å²) in [5.74, 6) is 1.40. The summed E-state index contributed by atoms with van der Waals surface area (Å²) in [5, 5.41) is 14.0. The van der Waals surface area contributed by atoms with Crippen molar-refractivity contribution >= 4 is 17.3 Å². The molecule has 166 valence electrons. The van der Waals surface area contributed by atoms with Gasteiger partial charge >= 0.3 is 0 Å². The molecule has 0 atom stereocenters. The van der Waals surface area contributed by atoms with Crippen molar-refractivity contribution in [1.29, 1.82) is 0 Å². The minimum absolute atomic E-state index is 0.137. The van der Waals surface area contributed by atoms with E-state index in [0.29, 0.717) is 23.8 Å². The summed E-state index contributed by atoms with van der Waals surface area (Å²) in [6.07, 6.45) is 2.33. The molecule has 0 saturated carbocycles. The number of nitrogens with zero attached hydrogens (tertiary/aromatic N) is 2. The lowest BCUT2D eigenvalue weighted by molar-refractivity contribution is -0.384. The van der Waals surface area contributed by atoms with Gasteiger partial charge in [0.1, 0.15) is 11.5 Å². The number of carbonyl (C=O) groups is 1. The average Bonchev–Trinajstić information content (AvgIpc) is 3.46. The molecule has 1 fully saturated rings. The van der Waals surface area contributed by atoms with Crippen molar-refractivity contribution in [2.75, 3.05) is 25.5 Å². The van der Waals surface area contributed by atoms with Gasteiger partial charge in [-0.15, -0.1) is 0 Å². The molecule has 0 spiro atoms. The summed E-state index contributed by atoms with van der Waals surface area (Å²) >= 11 is 0. The van der Waals surface area contributed by atoms with Crippen molar-refractivity contribution in [2.24, 2.45) is 0 Å². The van der Waals surface area contributed by atoms with E-state index in [9.17, 15) is 14.9 Å². The molecule has 1 saturated heterocycles. The smallest absolute Gasteiger partial charge is 0.291 e. The topological polar surface area (TPSA) is 107 Å². The fourth-order valence-electron chi connectivity index (χ4n) is 3.59. The monoisotopic (exact) mass is 437 g/mol. The van der Waals surface area contributed by atoms with Gasteiger partial charge in [-0.1, -0.05) is 12.1 Å². The van der Waals surface area contributed by atoms with Crippen LogP contribution in [0.1, 0.15) is 29.2 Å². The number of rotatable bonds is 8. The van der Waals surface area contributed by atoms with Crippen molar-refractivity contribution < 1.29 is 23.6 Å². The van der Waals surface area contributed by atoms with E-state index in [4.69, 9.17) is 13.9 Å². The molecule has 9 heteroatoms. The lowest BCUT2D eigenvalue weighted by atomic mass is 10.2. The SMILES string of the molecule is COc1ccccc1Oc1cc(NC(=O)c2ccc(CN3CCCC3)o2)cc([N+](=O)[O-])c1. The summed E-state index contributed by atoms with van der Waals surface area (Å²) in [6, 6.07) is 14.4. The van der Waals surface area contributed by atoms with Crippen LogP contribution >= 0.6 is 0 Å². The maximum Gasteiger partial charge on any atom is 0.291 e. The van der Waals surface area contributed by atoms with Crippen LogP contribution in [0.5, 0.6) is 17.2 Å². The lowest BCUT2D eigenvalue weighted by Crippen LogP contribution is -2.18. The zero-order valence-corrected chi connectivity index (χ0v) is 17.6. The highest BCUT2D eigenvalue weighted by molar-refractivity contribution is 6.02. The molecule has 2 heterocycles. The zero-order chi connectivity index (χ0) is 22.5. The Morgan fingerprint density at radius 3 is 2.59 bits per heavy atom. The van der Waals surface area contributed by atoms with Gasteiger partial charge < -0.3 is 19.2 Å². The Morgan fingerprint density at radius 1 is 1.12 bits per heavy atom. The van der Waals surface area contributed by atoms with E-state index in [-0.39, 0.29) is 22.9 Å². The van der Waals surface area contributed by atoms with Gasteiger partial charge in [0.25, 0.3) is 11.6 Å². The largest absolute Gasteiger partial charge is 0.493 e. The van der Waals surface area contributed by atoms with Gasteiger partial charge in [-0.25, -0.2) is 0 Å². The Hall–Kier alpha value is -3.85. The van der Waals surface area contributed by atoms with Crippen LogP contribution in [0, 0.1) is 10.1 Å². The second kappa shape index (κ2) is 9.52. The number of amides is 1. The first-order valence-corrected chi connectivity index (χ1v) is 10.2. The van der Waals surface area contributed by atoms with E-state index in [1.54, 1.807) is 36.4 Å². The summed E-state index contributed by atoms with van der Waals surface area (Å²) < 4.78 is 16.7. The average molecular weight is 437 g/mol. The van der Waals surface area contributed by atoms with Crippen LogP contribution in [-0.4, -0.2) is 35.9 Å². The molecule has 0 radical (unpaired) electrons. The van der Waals surface area contributed by atoms with E-state index in [2.05, 4.69) is 10.2 Å². The van der Waals surface area contributed by atoms with E-state index in [0.717, 1.165) is 13.1 Å². The Morgan fingerprint density at radius 2 is 1.88 bits per heavy atom. The normalized spacial score (nSPS) is 13.7. The van der Waals surface area contributed by atoms with Crippen LogP contribution in [0.4, 0.5) is 11.4 Å². The maximum atomic E-state index is 12.7. The first-order valence-electron chi connectivity index (χ1n) is 10.2. The number of non-ortho nitro benzene ring substituents is 1. The Balaban J connectivity index is 1.52. The van der Waals surface area contributed by atoms with Gasteiger partial charge in [-0.05, 0) is 50.2 Å². The summed E-state index contributed by atoms with van der Waals surface area (Å²) in [5.41, 5.74) is -0.00606. The predicted octanol–water partition coefficient (Wildman–Crippen LogP) is 4.84. The minimum Gasteiger partial charge on any atom is -0.493 e. The zero-order valence-electron chi connectivity index (χ0n) is 17.6. The summed E-state index contributed by atoms with van der Waals surface area (Å²) in [6.45, 7) is 2.69. The first-order chi connectivity index (χ1) is 15.5. The number of para-hydroxylation sites is 2. The van der Waals surface area contributed by atoms with Crippen molar-refractivity contribution in [1.82, 2.24) is 4.90 Å². The molecule has 1 N–H and O–H groups in total. The number of hydrogen-bond acceptors (Lipinski definition) is 7. The van der Waals surface area contributed by atoms with Gasteiger partial charge in [0.15, 0.2) is 17.3 Å². The highest BCUT2D eigenvalue weighted by Crippen LogP contribution is 2.34. The van der Waals surface area contributed by atoms with E-state index in [1.165, 1.54) is 38.2 Å². The van der Waals surface area contributed by atoms with Crippen LogP contribution in [0.25, 0.3) is 0 Å². The number of methoxy groups -OCH3 is 1. The van der Waals surface area contributed by atoms with E-state index >= 15 is 0 Å². The van der Waals surface area contributed by atoms with Crippen molar-refractivity contribution in [3.63, 3.8) is 0 Å². The fourth-order valence-corrected chi connectivity index (χ4v) is 3.59. The van der Waals surface area contributed by atoms with Crippen molar-refractivity contribution in [3.05, 3.63) is 76.2 Å². The van der Waals surface area contributed by atoms with E-state index in [1.807, 2.05) is 0 Å². The number of furan rings is 1. The number of anilines is 1. The molecule has 4 rings (SSSR count). The number of likely N-dealkylation sites (tertiary alicyclic amines) is 1. The molecule has 0 bridgehead atoms. The molecule has 1 aromatic heterocycles. The van der Waals surface area contributed by atoms with Gasteiger partial charge in [-0.3, -0.25) is 19.8 Å². The highest BCUT2D eigenvalue weighted by Gasteiger charge is 2.18. The lowest BCUT2D eigenvalue weighted by Gasteiger charge is -2.12. The summed E-state index contributed by atoms with van der Waals surface area (Å²) in [7, 11) is 1.50. The van der Waals surface area contributed by atoms with E-state index < -0.39 is 10.8 Å². The number of benzene rings is 2. The molecule has 3 aromatic rings. The minimum atomic E-state index is -0.550. The third kappa shape index (κ3) is 5.06. The number of carbonyl (C=O) groups excluding carboxylic acids is 1. The molecule has 0 unspecified atom stereocenters. The molecule has 32 heavy (non-hydrogen) atoms. The molecule has 1 amide bonds. The molecule has 2 aromatic carbocycles. The first kappa shape index (κ1) is 21.4. The molecular formula is C23H23N3O6. The van der Waals surface area contributed by atoms with Gasteiger partial charge in [0, 0.05) is 12.1 Å².